The number of benzene rings is 4. The minimum absolute atomic E-state index is 0.104. The highest BCUT2D eigenvalue weighted by Crippen LogP contribution is 2.47. The van der Waals surface area contributed by atoms with Crippen LogP contribution >= 0.6 is 7.14 Å². The first-order valence-electron chi connectivity index (χ1n) is 10.2. The SMILES string of the molecule is CCc1cc(N=Nc2ccccc2)c(O)c(P(=O)(c2ccccc2)c2ccccc2)c1. The molecule has 0 aliphatic rings. The molecule has 0 heterocycles. The molecule has 1 N–H and O–H groups in total. The Hall–Kier alpha value is -3.49. The van der Waals surface area contributed by atoms with Crippen LogP contribution in [-0.2, 0) is 11.0 Å². The zero-order chi connectivity index (χ0) is 21.7. The normalized spacial score (nSPS) is 11.6. The molecule has 0 saturated carbocycles. The smallest absolute Gasteiger partial charge is 0.174 e. The topological polar surface area (TPSA) is 62.0 Å². The van der Waals surface area contributed by atoms with Gasteiger partial charge in [-0.3, -0.25) is 0 Å². The Morgan fingerprint density at radius 3 is 1.77 bits per heavy atom. The van der Waals surface area contributed by atoms with Gasteiger partial charge in [0.15, 0.2) is 12.9 Å². The van der Waals surface area contributed by atoms with Crippen LogP contribution in [0.5, 0.6) is 5.75 Å². The Bertz CT molecular complexity index is 1200. The molecule has 0 aliphatic carbocycles. The van der Waals surface area contributed by atoms with Crippen LogP contribution in [0.15, 0.2) is 113 Å². The van der Waals surface area contributed by atoms with Gasteiger partial charge in [-0.25, -0.2) is 0 Å². The number of aromatic hydroxyl groups is 1. The van der Waals surface area contributed by atoms with Crippen LogP contribution in [0.3, 0.4) is 0 Å². The van der Waals surface area contributed by atoms with Crippen molar-refractivity contribution in [1.82, 2.24) is 0 Å². The number of nitrogens with zero attached hydrogens (tertiary/aromatic N) is 2. The second-order valence-electron chi connectivity index (χ2n) is 7.15. The maximum atomic E-state index is 14.7. The van der Waals surface area contributed by atoms with Gasteiger partial charge in [0.2, 0.25) is 0 Å². The molecule has 0 aromatic heterocycles. The van der Waals surface area contributed by atoms with E-state index >= 15 is 0 Å². The Morgan fingerprint density at radius 1 is 0.742 bits per heavy atom. The number of hydrogen-bond acceptors (Lipinski definition) is 4. The highest BCUT2D eigenvalue weighted by molar-refractivity contribution is 7.85. The van der Waals surface area contributed by atoms with Crippen LogP contribution in [0.1, 0.15) is 12.5 Å². The van der Waals surface area contributed by atoms with Crippen molar-refractivity contribution in [2.75, 3.05) is 0 Å². The van der Waals surface area contributed by atoms with Crippen LogP contribution in [0.25, 0.3) is 0 Å². The first-order chi connectivity index (χ1) is 15.1. The van der Waals surface area contributed by atoms with Crippen molar-refractivity contribution in [3.05, 3.63) is 109 Å². The van der Waals surface area contributed by atoms with Gasteiger partial charge in [0, 0.05) is 10.6 Å². The summed E-state index contributed by atoms with van der Waals surface area (Å²) in [5.74, 6) is -0.104. The fraction of sp³-hybridized carbons (Fsp3) is 0.0769. The van der Waals surface area contributed by atoms with Crippen LogP contribution in [0.2, 0.25) is 0 Å². The Kier molecular flexibility index (Phi) is 6.11. The van der Waals surface area contributed by atoms with E-state index in [0.717, 1.165) is 5.56 Å². The molecule has 0 fully saturated rings. The number of phenols is 1. The van der Waals surface area contributed by atoms with E-state index in [2.05, 4.69) is 10.2 Å². The summed E-state index contributed by atoms with van der Waals surface area (Å²) in [6.45, 7) is 2.02. The lowest BCUT2D eigenvalue weighted by molar-refractivity contribution is 0.480. The molecule has 0 amide bonds. The van der Waals surface area contributed by atoms with Gasteiger partial charge in [-0.15, -0.1) is 5.11 Å². The van der Waals surface area contributed by atoms with E-state index in [4.69, 9.17) is 0 Å². The molecule has 4 aromatic rings. The van der Waals surface area contributed by atoms with Crippen molar-refractivity contribution in [3.63, 3.8) is 0 Å². The van der Waals surface area contributed by atoms with E-state index in [1.807, 2.05) is 104 Å². The molecule has 0 radical (unpaired) electrons. The summed E-state index contributed by atoms with van der Waals surface area (Å²) in [4.78, 5) is 0. The number of phenolic OH excluding ortho intramolecular Hbond substituents is 1. The summed E-state index contributed by atoms with van der Waals surface area (Å²) in [5.41, 5.74) is 1.92. The first kappa shape index (κ1) is 20.8. The second-order valence-corrected chi connectivity index (χ2v) is 9.89. The zero-order valence-corrected chi connectivity index (χ0v) is 18.1. The average Bonchev–Trinajstić information content (AvgIpc) is 2.84. The van der Waals surface area contributed by atoms with E-state index in [9.17, 15) is 9.67 Å². The van der Waals surface area contributed by atoms with Gasteiger partial charge in [-0.1, -0.05) is 85.8 Å². The van der Waals surface area contributed by atoms with Gasteiger partial charge in [0.1, 0.15) is 5.69 Å². The van der Waals surface area contributed by atoms with Crippen LogP contribution in [0, 0.1) is 0 Å². The molecule has 0 bridgehead atoms. The highest BCUT2D eigenvalue weighted by Gasteiger charge is 2.33. The highest BCUT2D eigenvalue weighted by atomic mass is 31.2. The predicted molar refractivity (Wildman–Crippen MR) is 127 cm³/mol. The number of azo groups is 1. The molecule has 154 valence electrons. The largest absolute Gasteiger partial charge is 0.505 e. The van der Waals surface area contributed by atoms with Gasteiger partial charge in [0.05, 0.1) is 11.0 Å². The van der Waals surface area contributed by atoms with Gasteiger partial charge in [-0.2, -0.15) is 5.11 Å². The van der Waals surface area contributed by atoms with E-state index in [0.29, 0.717) is 33.7 Å². The first-order valence-corrected chi connectivity index (χ1v) is 11.9. The van der Waals surface area contributed by atoms with Crippen molar-refractivity contribution in [2.45, 2.75) is 13.3 Å². The fourth-order valence-corrected chi connectivity index (χ4v) is 6.29. The minimum Gasteiger partial charge on any atom is -0.505 e. The third-order valence-corrected chi connectivity index (χ3v) is 8.22. The summed E-state index contributed by atoms with van der Waals surface area (Å²) in [6, 6.07) is 31.6. The summed E-state index contributed by atoms with van der Waals surface area (Å²) in [6.07, 6.45) is 0.713. The van der Waals surface area contributed by atoms with Crippen molar-refractivity contribution in [1.29, 1.82) is 0 Å². The standard InChI is InChI=1S/C26H23N2O2P/c1-2-20-18-24(28-27-21-12-6-3-7-13-21)26(29)25(19-20)31(30,22-14-8-4-9-15-22)23-16-10-5-11-17-23/h3-19,29H,2H2,1H3. The lowest BCUT2D eigenvalue weighted by Crippen LogP contribution is -2.25. The average molecular weight is 426 g/mol. The molecule has 4 nitrogen and oxygen atoms in total. The van der Waals surface area contributed by atoms with Crippen LogP contribution < -0.4 is 15.9 Å². The third-order valence-electron chi connectivity index (χ3n) is 5.15. The van der Waals surface area contributed by atoms with E-state index < -0.39 is 7.14 Å². The molecular weight excluding hydrogens is 403 g/mol. The van der Waals surface area contributed by atoms with Gasteiger partial charge < -0.3 is 9.67 Å². The Labute approximate surface area is 182 Å². The molecule has 0 spiro atoms. The van der Waals surface area contributed by atoms with E-state index in [1.54, 1.807) is 6.07 Å². The summed E-state index contributed by atoms with van der Waals surface area (Å²) in [5, 5.41) is 21.5. The fourth-order valence-electron chi connectivity index (χ4n) is 3.49. The van der Waals surface area contributed by atoms with Gasteiger partial charge in [0.25, 0.3) is 0 Å². The zero-order valence-electron chi connectivity index (χ0n) is 17.2. The van der Waals surface area contributed by atoms with Crippen molar-refractivity contribution in [2.24, 2.45) is 10.2 Å². The van der Waals surface area contributed by atoms with Crippen LogP contribution in [0.4, 0.5) is 11.4 Å². The van der Waals surface area contributed by atoms with E-state index in [1.165, 1.54) is 0 Å². The molecule has 0 saturated heterocycles. The Balaban J connectivity index is 1.94. The van der Waals surface area contributed by atoms with Gasteiger partial charge in [-0.05, 0) is 36.2 Å². The van der Waals surface area contributed by atoms with E-state index in [-0.39, 0.29) is 5.75 Å². The molecule has 0 atom stereocenters. The van der Waals surface area contributed by atoms with Crippen molar-refractivity contribution < 1.29 is 9.67 Å². The second kappa shape index (κ2) is 9.11. The number of aryl methyl sites for hydroxylation is 1. The number of rotatable bonds is 6. The molecule has 31 heavy (non-hydrogen) atoms. The molecular formula is C26H23N2O2P. The van der Waals surface area contributed by atoms with Crippen LogP contribution in [-0.4, -0.2) is 5.11 Å². The monoisotopic (exact) mass is 426 g/mol. The minimum atomic E-state index is -3.33. The molecule has 4 rings (SSSR count). The van der Waals surface area contributed by atoms with Crippen molar-refractivity contribution >= 4 is 34.4 Å². The predicted octanol–water partition coefficient (Wildman–Crippen LogP) is 6.01. The quantitative estimate of drug-likeness (QED) is 0.303. The molecule has 0 unspecified atom stereocenters. The molecule has 5 heteroatoms. The lowest BCUT2D eigenvalue weighted by Gasteiger charge is -2.22. The summed E-state index contributed by atoms with van der Waals surface area (Å²) >= 11 is 0. The van der Waals surface area contributed by atoms with Gasteiger partial charge >= 0.3 is 0 Å². The van der Waals surface area contributed by atoms with Crippen molar-refractivity contribution in [3.8, 4) is 5.75 Å². The maximum absolute atomic E-state index is 14.7. The number of hydrogen-bond donors (Lipinski definition) is 1. The summed E-state index contributed by atoms with van der Waals surface area (Å²) in [7, 11) is -3.33. The molecule has 4 aromatic carbocycles. The maximum Gasteiger partial charge on any atom is 0.174 e. The summed E-state index contributed by atoms with van der Waals surface area (Å²) < 4.78 is 14.7. The molecule has 0 aliphatic heterocycles. The Morgan fingerprint density at radius 2 is 1.26 bits per heavy atom. The third kappa shape index (κ3) is 4.21. The lowest BCUT2D eigenvalue weighted by atomic mass is 10.1.